The molecule has 0 aliphatic rings. The van der Waals surface area contributed by atoms with Gasteiger partial charge in [-0.05, 0) is 38.1 Å². The van der Waals surface area contributed by atoms with Gasteiger partial charge in [0.2, 0.25) is 0 Å². The smallest absolute Gasteiger partial charge is 0.331 e. The monoisotopic (exact) mass is 297 g/mol. The van der Waals surface area contributed by atoms with Gasteiger partial charge in [-0.2, -0.15) is 0 Å². The predicted molar refractivity (Wildman–Crippen MR) is 68.8 cm³/mol. The van der Waals surface area contributed by atoms with Gasteiger partial charge in [0.15, 0.2) is 0 Å². The molecule has 1 aromatic carbocycles. The molecule has 1 amide bonds. The molecular formula is C12H12BrNO3. The van der Waals surface area contributed by atoms with E-state index in [0.717, 1.165) is 4.47 Å². The average Bonchev–Trinajstić information content (AvgIpc) is 2.30. The van der Waals surface area contributed by atoms with Crippen molar-refractivity contribution >= 4 is 33.5 Å². The molecule has 1 rings (SSSR count). The Bertz CT molecular complexity index is 477. The topological polar surface area (TPSA) is 66.4 Å². The Labute approximate surface area is 107 Å². The van der Waals surface area contributed by atoms with Crippen LogP contribution in [-0.4, -0.2) is 17.0 Å². The summed E-state index contributed by atoms with van der Waals surface area (Å²) in [4.78, 5) is 22.4. The SMILES string of the molecule is CC(C(=O)O)=C(C)C(=O)Nc1ccc(Br)cc1. The van der Waals surface area contributed by atoms with Crippen LogP contribution in [0, 0.1) is 0 Å². The molecule has 0 aromatic heterocycles. The minimum Gasteiger partial charge on any atom is -0.478 e. The summed E-state index contributed by atoms with van der Waals surface area (Å²) < 4.78 is 0.907. The average molecular weight is 298 g/mol. The number of aliphatic carboxylic acids is 1. The summed E-state index contributed by atoms with van der Waals surface area (Å²) in [5.74, 6) is -1.50. The fourth-order valence-electron chi connectivity index (χ4n) is 1.09. The van der Waals surface area contributed by atoms with Crippen LogP contribution >= 0.6 is 15.9 Å². The van der Waals surface area contributed by atoms with Crippen molar-refractivity contribution in [3.8, 4) is 0 Å². The third kappa shape index (κ3) is 3.71. The zero-order valence-electron chi connectivity index (χ0n) is 9.45. The summed E-state index contributed by atoms with van der Waals surface area (Å²) in [6.07, 6.45) is 0. The Kier molecular flexibility index (Phi) is 4.45. The largest absolute Gasteiger partial charge is 0.478 e. The number of carbonyl (C=O) groups excluding carboxylic acids is 1. The molecule has 0 atom stereocenters. The van der Waals surface area contributed by atoms with Crippen molar-refractivity contribution in [3.05, 3.63) is 39.9 Å². The maximum absolute atomic E-state index is 11.7. The number of carboxylic acid groups (broad SMARTS) is 1. The zero-order valence-corrected chi connectivity index (χ0v) is 11.0. The van der Waals surface area contributed by atoms with Crippen molar-refractivity contribution < 1.29 is 14.7 Å². The van der Waals surface area contributed by atoms with Crippen LogP contribution in [0.4, 0.5) is 5.69 Å². The van der Waals surface area contributed by atoms with E-state index in [1.54, 1.807) is 24.3 Å². The minimum absolute atomic E-state index is 0.0413. The van der Waals surface area contributed by atoms with Gasteiger partial charge in [0.25, 0.3) is 5.91 Å². The van der Waals surface area contributed by atoms with Crippen LogP contribution in [0.3, 0.4) is 0 Å². The van der Waals surface area contributed by atoms with Crippen LogP contribution in [0.1, 0.15) is 13.8 Å². The van der Waals surface area contributed by atoms with Crippen LogP contribution in [0.25, 0.3) is 0 Å². The third-order valence-corrected chi connectivity index (χ3v) is 2.85. The highest BCUT2D eigenvalue weighted by Gasteiger charge is 2.12. The van der Waals surface area contributed by atoms with E-state index in [0.29, 0.717) is 5.69 Å². The lowest BCUT2D eigenvalue weighted by Gasteiger charge is -2.06. The number of hydrogen-bond donors (Lipinski definition) is 2. The molecule has 0 bridgehead atoms. The molecule has 17 heavy (non-hydrogen) atoms. The Balaban J connectivity index is 2.83. The third-order valence-electron chi connectivity index (χ3n) is 2.33. The normalized spacial score (nSPS) is 11.7. The molecule has 0 radical (unpaired) electrons. The van der Waals surface area contributed by atoms with Crippen molar-refractivity contribution in [2.45, 2.75) is 13.8 Å². The van der Waals surface area contributed by atoms with E-state index in [-0.39, 0.29) is 11.1 Å². The number of amides is 1. The van der Waals surface area contributed by atoms with Crippen LogP contribution in [-0.2, 0) is 9.59 Å². The van der Waals surface area contributed by atoms with E-state index < -0.39 is 11.9 Å². The maximum atomic E-state index is 11.7. The van der Waals surface area contributed by atoms with E-state index >= 15 is 0 Å². The van der Waals surface area contributed by atoms with E-state index in [2.05, 4.69) is 21.2 Å². The molecule has 90 valence electrons. The summed E-state index contributed by atoms with van der Waals surface area (Å²) in [6.45, 7) is 2.89. The number of halogens is 1. The summed E-state index contributed by atoms with van der Waals surface area (Å²) in [5.41, 5.74) is 0.857. The lowest BCUT2D eigenvalue weighted by atomic mass is 10.1. The Hall–Kier alpha value is -1.62. The van der Waals surface area contributed by atoms with Gasteiger partial charge in [-0.15, -0.1) is 0 Å². The molecule has 2 N–H and O–H groups in total. The standard InChI is InChI=1S/C12H12BrNO3/c1-7(8(2)12(16)17)11(15)14-10-5-3-9(13)4-6-10/h3-6H,1-2H3,(H,14,15)(H,16,17). The quantitative estimate of drug-likeness (QED) is 0.843. The van der Waals surface area contributed by atoms with Crippen molar-refractivity contribution in [2.24, 2.45) is 0 Å². The van der Waals surface area contributed by atoms with Gasteiger partial charge in [0.05, 0.1) is 0 Å². The van der Waals surface area contributed by atoms with Gasteiger partial charge < -0.3 is 10.4 Å². The number of carbonyl (C=O) groups is 2. The molecule has 0 saturated carbocycles. The van der Waals surface area contributed by atoms with Gasteiger partial charge in [-0.3, -0.25) is 4.79 Å². The second-order valence-corrected chi connectivity index (χ2v) is 4.43. The fraction of sp³-hybridized carbons (Fsp3) is 0.167. The lowest BCUT2D eigenvalue weighted by Crippen LogP contribution is -2.16. The highest BCUT2D eigenvalue weighted by Crippen LogP contribution is 2.15. The van der Waals surface area contributed by atoms with Crippen LogP contribution in [0.5, 0.6) is 0 Å². The molecule has 5 heteroatoms. The van der Waals surface area contributed by atoms with Crippen LogP contribution in [0.2, 0.25) is 0 Å². The number of rotatable bonds is 3. The first-order valence-corrected chi connectivity index (χ1v) is 5.69. The van der Waals surface area contributed by atoms with Crippen molar-refractivity contribution in [2.75, 3.05) is 5.32 Å². The Morgan fingerprint density at radius 2 is 1.65 bits per heavy atom. The van der Waals surface area contributed by atoms with E-state index in [4.69, 9.17) is 5.11 Å². The zero-order chi connectivity index (χ0) is 13.0. The molecular weight excluding hydrogens is 286 g/mol. The van der Waals surface area contributed by atoms with E-state index in [9.17, 15) is 9.59 Å². The molecule has 0 fully saturated rings. The highest BCUT2D eigenvalue weighted by atomic mass is 79.9. The minimum atomic E-state index is -1.09. The fourth-order valence-corrected chi connectivity index (χ4v) is 1.35. The van der Waals surface area contributed by atoms with Gasteiger partial charge in [-0.25, -0.2) is 4.79 Å². The maximum Gasteiger partial charge on any atom is 0.331 e. The highest BCUT2D eigenvalue weighted by molar-refractivity contribution is 9.10. The summed E-state index contributed by atoms with van der Waals surface area (Å²) in [7, 11) is 0. The van der Waals surface area contributed by atoms with Crippen LogP contribution in [0.15, 0.2) is 39.9 Å². The summed E-state index contributed by atoms with van der Waals surface area (Å²) in [5, 5.41) is 11.4. The lowest BCUT2D eigenvalue weighted by molar-refractivity contribution is -0.133. The number of hydrogen-bond acceptors (Lipinski definition) is 2. The second-order valence-electron chi connectivity index (χ2n) is 3.52. The Morgan fingerprint density at radius 1 is 1.12 bits per heavy atom. The molecule has 0 saturated heterocycles. The summed E-state index contributed by atoms with van der Waals surface area (Å²) >= 11 is 3.28. The van der Waals surface area contributed by atoms with Gasteiger partial charge in [0, 0.05) is 21.3 Å². The number of nitrogens with one attached hydrogen (secondary N) is 1. The van der Waals surface area contributed by atoms with Gasteiger partial charge >= 0.3 is 5.97 Å². The number of carboxylic acids is 1. The van der Waals surface area contributed by atoms with Crippen molar-refractivity contribution in [1.29, 1.82) is 0 Å². The molecule has 1 aromatic rings. The first kappa shape index (κ1) is 13.4. The molecule has 0 heterocycles. The van der Waals surface area contributed by atoms with Crippen molar-refractivity contribution in [1.82, 2.24) is 0 Å². The van der Waals surface area contributed by atoms with Gasteiger partial charge in [-0.1, -0.05) is 15.9 Å². The summed E-state index contributed by atoms with van der Waals surface area (Å²) in [6, 6.07) is 7.04. The first-order chi connectivity index (χ1) is 7.91. The van der Waals surface area contributed by atoms with Crippen molar-refractivity contribution in [3.63, 3.8) is 0 Å². The van der Waals surface area contributed by atoms with Gasteiger partial charge in [0.1, 0.15) is 0 Å². The first-order valence-electron chi connectivity index (χ1n) is 4.89. The number of anilines is 1. The number of benzene rings is 1. The predicted octanol–water partition coefficient (Wildman–Crippen LogP) is 2.81. The second kappa shape index (κ2) is 5.63. The molecule has 4 nitrogen and oxygen atoms in total. The van der Waals surface area contributed by atoms with E-state index in [1.807, 2.05) is 0 Å². The molecule has 0 aliphatic carbocycles. The molecule has 0 aliphatic heterocycles. The van der Waals surface area contributed by atoms with E-state index in [1.165, 1.54) is 13.8 Å². The van der Waals surface area contributed by atoms with Crippen LogP contribution < -0.4 is 5.32 Å². The Morgan fingerprint density at radius 3 is 2.12 bits per heavy atom. The molecule has 0 unspecified atom stereocenters. The molecule has 0 spiro atoms.